The summed E-state index contributed by atoms with van der Waals surface area (Å²) in [5.41, 5.74) is 2.07. The standard InChI is InChI=1S/C27H36N2O4/c1-19(2)21-13-11-20(12-14-21)17-28(5)25(30)22-8-7-15-29(18-22)23-9-6-10-24(16-23)33-27(3,4)26(31)32/h6,9-14,16,19,22H,7-8,15,17-18H2,1-5H3,(H,31,32)/t22-/m0/s1. The summed E-state index contributed by atoms with van der Waals surface area (Å²) < 4.78 is 5.70. The molecule has 1 fully saturated rings. The topological polar surface area (TPSA) is 70.1 Å². The van der Waals surface area contributed by atoms with E-state index < -0.39 is 11.6 Å². The molecule has 1 atom stereocenters. The van der Waals surface area contributed by atoms with E-state index in [-0.39, 0.29) is 11.8 Å². The quantitative estimate of drug-likeness (QED) is 0.615. The van der Waals surface area contributed by atoms with Crippen molar-refractivity contribution < 1.29 is 19.4 Å². The van der Waals surface area contributed by atoms with E-state index in [0.717, 1.165) is 30.6 Å². The van der Waals surface area contributed by atoms with Crippen molar-refractivity contribution in [3.8, 4) is 5.75 Å². The molecule has 2 aromatic rings. The van der Waals surface area contributed by atoms with Crippen molar-refractivity contribution in [3.63, 3.8) is 0 Å². The number of carboxylic acid groups (broad SMARTS) is 1. The highest BCUT2D eigenvalue weighted by Gasteiger charge is 2.31. The molecular formula is C27H36N2O4. The van der Waals surface area contributed by atoms with Crippen molar-refractivity contribution in [2.45, 2.75) is 58.6 Å². The van der Waals surface area contributed by atoms with Crippen molar-refractivity contribution in [2.24, 2.45) is 5.92 Å². The van der Waals surface area contributed by atoms with Gasteiger partial charge in [-0.25, -0.2) is 4.79 Å². The molecule has 0 aliphatic carbocycles. The number of anilines is 1. The number of rotatable bonds is 8. The van der Waals surface area contributed by atoms with Gasteiger partial charge in [0.15, 0.2) is 5.60 Å². The van der Waals surface area contributed by atoms with Gasteiger partial charge >= 0.3 is 5.97 Å². The van der Waals surface area contributed by atoms with E-state index in [1.54, 1.807) is 6.07 Å². The fraction of sp³-hybridized carbons (Fsp3) is 0.481. The van der Waals surface area contributed by atoms with Crippen LogP contribution in [-0.2, 0) is 16.1 Å². The first-order valence-electron chi connectivity index (χ1n) is 11.7. The predicted octanol–water partition coefficient (Wildman–Crippen LogP) is 4.93. The summed E-state index contributed by atoms with van der Waals surface area (Å²) in [5, 5.41) is 9.33. The fourth-order valence-corrected chi connectivity index (χ4v) is 4.17. The molecule has 6 nitrogen and oxygen atoms in total. The maximum Gasteiger partial charge on any atom is 0.347 e. The Balaban J connectivity index is 1.64. The first-order chi connectivity index (χ1) is 15.6. The van der Waals surface area contributed by atoms with Crippen molar-refractivity contribution in [1.29, 1.82) is 0 Å². The van der Waals surface area contributed by atoms with Gasteiger partial charge in [-0.05, 0) is 55.9 Å². The molecule has 1 aliphatic heterocycles. The predicted molar refractivity (Wildman–Crippen MR) is 131 cm³/mol. The van der Waals surface area contributed by atoms with E-state index in [1.807, 2.05) is 30.1 Å². The third-order valence-electron chi connectivity index (χ3n) is 6.28. The molecular weight excluding hydrogens is 416 g/mol. The van der Waals surface area contributed by atoms with Crippen LogP contribution in [0.5, 0.6) is 5.75 Å². The number of ether oxygens (including phenoxy) is 1. The molecule has 0 unspecified atom stereocenters. The highest BCUT2D eigenvalue weighted by atomic mass is 16.5. The zero-order valence-electron chi connectivity index (χ0n) is 20.4. The minimum absolute atomic E-state index is 0.0706. The number of amides is 1. The molecule has 2 aromatic carbocycles. The molecule has 1 saturated heterocycles. The second-order valence-corrected chi connectivity index (χ2v) is 9.79. The van der Waals surface area contributed by atoms with E-state index in [9.17, 15) is 14.7 Å². The smallest absolute Gasteiger partial charge is 0.347 e. The molecule has 0 radical (unpaired) electrons. The molecule has 1 heterocycles. The number of carbonyl (C=O) groups is 2. The van der Waals surface area contributed by atoms with Crippen molar-refractivity contribution >= 4 is 17.6 Å². The van der Waals surface area contributed by atoms with E-state index in [2.05, 4.69) is 43.0 Å². The van der Waals surface area contributed by atoms with Crippen LogP contribution < -0.4 is 9.64 Å². The van der Waals surface area contributed by atoms with Crippen LogP contribution in [0.1, 0.15) is 57.6 Å². The van der Waals surface area contributed by atoms with Crippen molar-refractivity contribution in [1.82, 2.24) is 4.90 Å². The van der Waals surface area contributed by atoms with Gasteiger partial charge in [-0.2, -0.15) is 0 Å². The van der Waals surface area contributed by atoms with Gasteiger partial charge in [0.2, 0.25) is 5.91 Å². The number of hydrogen-bond acceptors (Lipinski definition) is 4. The maximum atomic E-state index is 13.2. The highest BCUT2D eigenvalue weighted by molar-refractivity contribution is 5.79. The summed E-state index contributed by atoms with van der Waals surface area (Å²) >= 11 is 0. The Morgan fingerprint density at radius 1 is 1.18 bits per heavy atom. The molecule has 178 valence electrons. The minimum atomic E-state index is -1.31. The van der Waals surface area contributed by atoms with Gasteiger partial charge < -0.3 is 19.6 Å². The average Bonchev–Trinajstić information content (AvgIpc) is 2.78. The van der Waals surface area contributed by atoms with Crippen LogP contribution in [0.4, 0.5) is 5.69 Å². The van der Waals surface area contributed by atoms with Gasteiger partial charge in [-0.3, -0.25) is 4.79 Å². The monoisotopic (exact) mass is 452 g/mol. The molecule has 0 saturated carbocycles. The Labute approximate surface area is 197 Å². The first kappa shape index (κ1) is 24.6. The second kappa shape index (κ2) is 10.3. The lowest BCUT2D eigenvalue weighted by atomic mass is 9.95. The van der Waals surface area contributed by atoms with Crippen LogP contribution in [0.25, 0.3) is 0 Å². The molecule has 6 heteroatoms. The molecule has 1 amide bonds. The zero-order valence-corrected chi connectivity index (χ0v) is 20.4. The van der Waals surface area contributed by atoms with Gasteiger partial charge in [-0.1, -0.05) is 44.2 Å². The third-order valence-corrected chi connectivity index (χ3v) is 6.28. The molecule has 1 aliphatic rings. The Bertz CT molecular complexity index is 968. The van der Waals surface area contributed by atoms with Gasteiger partial charge in [-0.15, -0.1) is 0 Å². The Morgan fingerprint density at radius 2 is 1.88 bits per heavy atom. The number of carbonyl (C=O) groups excluding carboxylic acids is 1. The largest absolute Gasteiger partial charge is 0.478 e. The molecule has 0 bridgehead atoms. The summed E-state index contributed by atoms with van der Waals surface area (Å²) in [6.07, 6.45) is 1.80. The fourth-order valence-electron chi connectivity index (χ4n) is 4.17. The number of carboxylic acids is 1. The van der Waals surface area contributed by atoms with Crippen LogP contribution in [0.2, 0.25) is 0 Å². The first-order valence-corrected chi connectivity index (χ1v) is 11.7. The van der Waals surface area contributed by atoms with Gasteiger partial charge in [0, 0.05) is 38.4 Å². The number of nitrogens with zero attached hydrogens (tertiary/aromatic N) is 2. The van der Waals surface area contributed by atoms with Crippen LogP contribution in [0.3, 0.4) is 0 Å². The SMILES string of the molecule is CC(C)c1ccc(CN(C)C(=O)[C@H]2CCCN(c3cccc(OC(C)(C)C(=O)O)c3)C2)cc1. The summed E-state index contributed by atoms with van der Waals surface area (Å²) in [5.74, 6) is 0.0743. The Kier molecular flexibility index (Phi) is 7.67. The Hall–Kier alpha value is -3.02. The van der Waals surface area contributed by atoms with E-state index in [1.165, 1.54) is 19.4 Å². The second-order valence-electron chi connectivity index (χ2n) is 9.79. The van der Waals surface area contributed by atoms with E-state index in [0.29, 0.717) is 24.8 Å². The van der Waals surface area contributed by atoms with Crippen LogP contribution in [-0.4, -0.2) is 47.6 Å². The molecule has 0 aromatic heterocycles. The van der Waals surface area contributed by atoms with Crippen molar-refractivity contribution in [3.05, 3.63) is 59.7 Å². The molecule has 0 spiro atoms. The Morgan fingerprint density at radius 3 is 2.52 bits per heavy atom. The number of aliphatic carboxylic acids is 1. The molecule has 33 heavy (non-hydrogen) atoms. The van der Waals surface area contributed by atoms with Crippen LogP contribution >= 0.6 is 0 Å². The van der Waals surface area contributed by atoms with Gasteiger partial charge in [0.1, 0.15) is 5.75 Å². The van der Waals surface area contributed by atoms with Gasteiger partial charge in [0.25, 0.3) is 0 Å². The number of hydrogen-bond donors (Lipinski definition) is 1. The van der Waals surface area contributed by atoms with E-state index >= 15 is 0 Å². The minimum Gasteiger partial charge on any atom is -0.478 e. The van der Waals surface area contributed by atoms with E-state index in [4.69, 9.17) is 4.74 Å². The highest BCUT2D eigenvalue weighted by Crippen LogP contribution is 2.29. The lowest BCUT2D eigenvalue weighted by molar-refractivity contribution is -0.152. The lowest BCUT2D eigenvalue weighted by Crippen LogP contribution is -2.43. The summed E-state index contributed by atoms with van der Waals surface area (Å²) in [6, 6.07) is 16.0. The normalized spacial score (nSPS) is 16.5. The average molecular weight is 453 g/mol. The van der Waals surface area contributed by atoms with Crippen molar-refractivity contribution in [2.75, 3.05) is 25.0 Å². The number of benzene rings is 2. The zero-order chi connectivity index (χ0) is 24.2. The number of piperidine rings is 1. The summed E-state index contributed by atoms with van der Waals surface area (Å²) in [7, 11) is 1.88. The van der Waals surface area contributed by atoms with Gasteiger partial charge in [0.05, 0.1) is 5.92 Å². The maximum absolute atomic E-state index is 13.2. The molecule has 3 rings (SSSR count). The van der Waals surface area contributed by atoms with Crippen LogP contribution in [0, 0.1) is 5.92 Å². The third kappa shape index (κ3) is 6.28. The lowest BCUT2D eigenvalue weighted by Gasteiger charge is -2.35. The van der Waals surface area contributed by atoms with Crippen LogP contribution in [0.15, 0.2) is 48.5 Å². The summed E-state index contributed by atoms with van der Waals surface area (Å²) in [6.45, 7) is 9.51. The summed E-state index contributed by atoms with van der Waals surface area (Å²) in [4.78, 5) is 28.6. The molecule has 1 N–H and O–H groups in total.